The van der Waals surface area contributed by atoms with Crippen molar-refractivity contribution >= 4 is 0 Å². The summed E-state index contributed by atoms with van der Waals surface area (Å²) >= 11 is 0. The number of nitrogens with one attached hydrogen (secondary N) is 1. The SMILES string of the molecule is C=CCC(NN)C1CCCCC1(C)C. The van der Waals surface area contributed by atoms with E-state index in [4.69, 9.17) is 5.84 Å². The van der Waals surface area contributed by atoms with Gasteiger partial charge in [-0.05, 0) is 30.6 Å². The van der Waals surface area contributed by atoms with Crippen molar-refractivity contribution in [3.63, 3.8) is 0 Å². The molecule has 2 unspecified atom stereocenters. The lowest BCUT2D eigenvalue weighted by Crippen LogP contribution is -2.47. The quantitative estimate of drug-likeness (QED) is 0.412. The van der Waals surface area contributed by atoms with Crippen LogP contribution in [0.15, 0.2) is 12.7 Å². The average molecular weight is 196 g/mol. The molecule has 1 aliphatic carbocycles. The van der Waals surface area contributed by atoms with E-state index in [0.717, 1.165) is 6.42 Å². The second-order valence-electron chi connectivity index (χ2n) is 5.14. The number of hydrogen-bond acceptors (Lipinski definition) is 2. The third-order valence-electron chi connectivity index (χ3n) is 3.71. The highest BCUT2D eigenvalue weighted by molar-refractivity contribution is 4.92. The summed E-state index contributed by atoms with van der Waals surface area (Å²) < 4.78 is 0. The second-order valence-corrected chi connectivity index (χ2v) is 5.14. The molecular formula is C12H24N2. The highest BCUT2D eigenvalue weighted by atomic mass is 15.2. The van der Waals surface area contributed by atoms with Crippen molar-refractivity contribution in [2.24, 2.45) is 17.2 Å². The molecule has 0 spiro atoms. The van der Waals surface area contributed by atoms with Gasteiger partial charge >= 0.3 is 0 Å². The molecule has 0 amide bonds. The maximum atomic E-state index is 5.61. The zero-order valence-corrected chi connectivity index (χ0v) is 9.55. The van der Waals surface area contributed by atoms with Gasteiger partial charge < -0.3 is 0 Å². The molecule has 0 bridgehead atoms. The van der Waals surface area contributed by atoms with Crippen LogP contribution in [0, 0.1) is 11.3 Å². The first-order valence-electron chi connectivity index (χ1n) is 5.69. The summed E-state index contributed by atoms with van der Waals surface area (Å²) in [6.45, 7) is 8.53. The van der Waals surface area contributed by atoms with Crippen molar-refractivity contribution in [2.45, 2.75) is 52.0 Å². The van der Waals surface area contributed by atoms with E-state index in [1.807, 2.05) is 6.08 Å². The lowest BCUT2D eigenvalue weighted by molar-refractivity contribution is 0.0992. The van der Waals surface area contributed by atoms with Crippen LogP contribution >= 0.6 is 0 Å². The molecule has 0 saturated heterocycles. The molecule has 3 N–H and O–H groups in total. The smallest absolute Gasteiger partial charge is 0.0278 e. The predicted octanol–water partition coefficient (Wildman–Crippen LogP) is 2.61. The van der Waals surface area contributed by atoms with Crippen LogP contribution in [0.3, 0.4) is 0 Å². The predicted molar refractivity (Wildman–Crippen MR) is 61.7 cm³/mol. The van der Waals surface area contributed by atoms with Crippen molar-refractivity contribution in [3.8, 4) is 0 Å². The molecule has 82 valence electrons. The van der Waals surface area contributed by atoms with Gasteiger partial charge in [-0.2, -0.15) is 0 Å². The van der Waals surface area contributed by atoms with E-state index in [1.54, 1.807) is 0 Å². The van der Waals surface area contributed by atoms with Crippen molar-refractivity contribution < 1.29 is 0 Å². The Bertz CT molecular complexity index is 187. The second kappa shape index (κ2) is 4.94. The highest BCUT2D eigenvalue weighted by Crippen LogP contribution is 2.42. The van der Waals surface area contributed by atoms with Crippen molar-refractivity contribution in [3.05, 3.63) is 12.7 Å². The van der Waals surface area contributed by atoms with E-state index in [-0.39, 0.29) is 0 Å². The Balaban J connectivity index is 2.65. The molecule has 1 saturated carbocycles. The van der Waals surface area contributed by atoms with Gasteiger partial charge in [-0.15, -0.1) is 6.58 Å². The summed E-state index contributed by atoms with van der Waals surface area (Å²) in [5, 5.41) is 0. The Kier molecular flexibility index (Phi) is 4.14. The summed E-state index contributed by atoms with van der Waals surface area (Å²) in [5.41, 5.74) is 3.39. The molecule has 2 nitrogen and oxygen atoms in total. The van der Waals surface area contributed by atoms with Crippen molar-refractivity contribution in [1.82, 2.24) is 5.43 Å². The van der Waals surface area contributed by atoms with E-state index in [9.17, 15) is 0 Å². The van der Waals surface area contributed by atoms with Crippen LogP contribution in [-0.4, -0.2) is 6.04 Å². The molecule has 0 aromatic heterocycles. The molecule has 2 heteroatoms. The van der Waals surface area contributed by atoms with Gasteiger partial charge in [0.1, 0.15) is 0 Å². The molecule has 1 aliphatic rings. The van der Waals surface area contributed by atoms with Crippen LogP contribution in [-0.2, 0) is 0 Å². The summed E-state index contributed by atoms with van der Waals surface area (Å²) in [6, 6.07) is 0.405. The molecule has 1 rings (SSSR count). The lowest BCUT2D eigenvalue weighted by Gasteiger charge is -2.42. The van der Waals surface area contributed by atoms with Gasteiger partial charge in [-0.1, -0.05) is 32.8 Å². The summed E-state index contributed by atoms with van der Waals surface area (Å²) in [7, 11) is 0. The molecule has 0 heterocycles. The van der Waals surface area contributed by atoms with E-state index < -0.39 is 0 Å². The largest absolute Gasteiger partial charge is 0.271 e. The maximum absolute atomic E-state index is 5.61. The summed E-state index contributed by atoms with van der Waals surface area (Å²) in [4.78, 5) is 0. The summed E-state index contributed by atoms with van der Waals surface area (Å²) in [6.07, 6.45) is 8.29. The van der Waals surface area contributed by atoms with Crippen LogP contribution in [0.25, 0.3) is 0 Å². The fraction of sp³-hybridized carbons (Fsp3) is 0.833. The maximum Gasteiger partial charge on any atom is 0.0278 e. The van der Waals surface area contributed by atoms with Crippen LogP contribution in [0.5, 0.6) is 0 Å². The van der Waals surface area contributed by atoms with Gasteiger partial charge in [0, 0.05) is 6.04 Å². The number of nitrogens with two attached hydrogens (primary N) is 1. The Morgan fingerprint density at radius 3 is 2.79 bits per heavy atom. The van der Waals surface area contributed by atoms with Gasteiger partial charge in [-0.3, -0.25) is 11.3 Å². The Morgan fingerprint density at radius 2 is 2.29 bits per heavy atom. The van der Waals surface area contributed by atoms with Gasteiger partial charge in [0.15, 0.2) is 0 Å². The molecule has 0 radical (unpaired) electrons. The molecule has 2 atom stereocenters. The third kappa shape index (κ3) is 2.58. The van der Waals surface area contributed by atoms with Crippen molar-refractivity contribution in [2.75, 3.05) is 0 Å². The fourth-order valence-electron chi connectivity index (χ4n) is 2.79. The van der Waals surface area contributed by atoms with E-state index in [2.05, 4.69) is 25.9 Å². The zero-order valence-electron chi connectivity index (χ0n) is 9.55. The van der Waals surface area contributed by atoms with Gasteiger partial charge in [0.2, 0.25) is 0 Å². The monoisotopic (exact) mass is 196 g/mol. The van der Waals surface area contributed by atoms with Crippen molar-refractivity contribution in [1.29, 1.82) is 0 Å². The first-order valence-corrected chi connectivity index (χ1v) is 5.69. The fourth-order valence-corrected chi connectivity index (χ4v) is 2.79. The average Bonchev–Trinajstić information content (AvgIpc) is 2.14. The minimum atomic E-state index is 0.405. The molecule has 14 heavy (non-hydrogen) atoms. The molecular weight excluding hydrogens is 172 g/mol. The Labute approximate surface area is 87.9 Å². The minimum Gasteiger partial charge on any atom is -0.271 e. The Hall–Kier alpha value is -0.340. The number of hydrogen-bond donors (Lipinski definition) is 2. The highest BCUT2D eigenvalue weighted by Gasteiger charge is 2.36. The Morgan fingerprint density at radius 1 is 1.57 bits per heavy atom. The van der Waals surface area contributed by atoms with E-state index in [1.165, 1.54) is 25.7 Å². The molecule has 1 fully saturated rings. The van der Waals surface area contributed by atoms with Crippen LogP contribution in [0.4, 0.5) is 0 Å². The van der Waals surface area contributed by atoms with Gasteiger partial charge in [-0.25, -0.2) is 0 Å². The molecule has 0 aromatic carbocycles. The normalized spacial score (nSPS) is 28.4. The van der Waals surface area contributed by atoms with Gasteiger partial charge in [0.05, 0.1) is 0 Å². The third-order valence-corrected chi connectivity index (χ3v) is 3.71. The first kappa shape index (κ1) is 11.7. The van der Waals surface area contributed by atoms with Crippen LogP contribution in [0.1, 0.15) is 46.0 Å². The standard InChI is InChI=1S/C12H24N2/c1-4-7-11(14-13)10-8-5-6-9-12(10,2)3/h4,10-11,14H,1,5-9,13H2,2-3H3. The van der Waals surface area contributed by atoms with Crippen LogP contribution < -0.4 is 11.3 Å². The lowest BCUT2D eigenvalue weighted by atomic mass is 9.65. The zero-order chi connectivity index (χ0) is 10.6. The van der Waals surface area contributed by atoms with Crippen LogP contribution in [0.2, 0.25) is 0 Å². The first-order chi connectivity index (χ1) is 6.61. The molecule has 0 aromatic rings. The van der Waals surface area contributed by atoms with Gasteiger partial charge in [0.25, 0.3) is 0 Å². The van der Waals surface area contributed by atoms with E-state index in [0.29, 0.717) is 17.4 Å². The molecule has 0 aliphatic heterocycles. The number of rotatable bonds is 4. The summed E-state index contributed by atoms with van der Waals surface area (Å²) in [5.74, 6) is 6.31. The van der Waals surface area contributed by atoms with E-state index >= 15 is 0 Å². The minimum absolute atomic E-state index is 0.405. The topological polar surface area (TPSA) is 38.0 Å². The number of hydrazine groups is 1.